The molecule has 0 aromatic rings. The van der Waals surface area contributed by atoms with Gasteiger partial charge in [0.15, 0.2) is 5.78 Å². The van der Waals surface area contributed by atoms with Crippen LogP contribution in [-0.2, 0) is 4.79 Å². The molecule has 0 aliphatic carbocycles. The highest BCUT2D eigenvalue weighted by atomic mass is 16.1. The van der Waals surface area contributed by atoms with Crippen LogP contribution < -0.4 is 0 Å². The smallest absolute Gasteiger partial charge is 0.177 e. The quantitative estimate of drug-likeness (QED) is 0.559. The number of carbonyl (C=O) groups excluding carboxylic acids is 1. The van der Waals surface area contributed by atoms with E-state index >= 15 is 0 Å². The van der Waals surface area contributed by atoms with Crippen LogP contribution in [0, 0.1) is 5.41 Å². The second kappa shape index (κ2) is 3.17. The van der Waals surface area contributed by atoms with Gasteiger partial charge in [-0.15, -0.1) is 0 Å². The van der Waals surface area contributed by atoms with Crippen molar-refractivity contribution in [2.45, 2.75) is 20.8 Å². The van der Waals surface area contributed by atoms with Crippen LogP contribution in [0.5, 0.6) is 0 Å². The molecule has 0 aliphatic heterocycles. The molecule has 0 rings (SSSR count). The lowest BCUT2D eigenvalue weighted by Gasteiger charge is -1.89. The molecule has 2 heteroatoms. The Bertz CT molecular complexity index is 164. The molecule has 0 fully saturated rings. The third kappa shape index (κ3) is 3.64. The molecule has 0 bridgehead atoms. The molecular weight excluding hydrogens is 114 g/mol. The van der Waals surface area contributed by atoms with Crippen molar-refractivity contribution in [2.24, 2.45) is 0 Å². The molecule has 0 saturated carbocycles. The van der Waals surface area contributed by atoms with Crippen molar-refractivity contribution in [2.75, 3.05) is 0 Å². The summed E-state index contributed by atoms with van der Waals surface area (Å²) in [5.74, 6) is -0.184. The van der Waals surface area contributed by atoms with Gasteiger partial charge in [-0.05, 0) is 19.9 Å². The van der Waals surface area contributed by atoms with Crippen LogP contribution in [0.1, 0.15) is 20.8 Å². The summed E-state index contributed by atoms with van der Waals surface area (Å²) in [7, 11) is 0. The van der Waals surface area contributed by atoms with Crippen molar-refractivity contribution in [3.8, 4) is 0 Å². The van der Waals surface area contributed by atoms with Gasteiger partial charge in [0.05, 0.1) is 5.71 Å². The zero-order chi connectivity index (χ0) is 7.44. The fraction of sp³-hybridized carbons (Fsp3) is 0.429. The van der Waals surface area contributed by atoms with Gasteiger partial charge in [-0.2, -0.15) is 0 Å². The molecule has 50 valence electrons. The van der Waals surface area contributed by atoms with Gasteiger partial charge in [-0.25, -0.2) is 0 Å². The van der Waals surface area contributed by atoms with Gasteiger partial charge in [0.25, 0.3) is 0 Å². The summed E-state index contributed by atoms with van der Waals surface area (Å²) in [4.78, 5) is 10.4. The third-order valence-electron chi connectivity index (χ3n) is 0.812. The normalized spacial score (nSPS) is 8.33. The van der Waals surface area contributed by atoms with Crippen molar-refractivity contribution in [1.82, 2.24) is 0 Å². The number of hydrogen-bond donors (Lipinski definition) is 1. The summed E-state index contributed by atoms with van der Waals surface area (Å²) in [6, 6.07) is 0. The predicted molar refractivity (Wildman–Crippen MR) is 37.8 cm³/mol. The molecule has 0 heterocycles. The van der Waals surface area contributed by atoms with E-state index in [4.69, 9.17) is 5.41 Å². The van der Waals surface area contributed by atoms with Crippen LogP contribution in [0.15, 0.2) is 11.6 Å². The number of allylic oxidation sites excluding steroid dienone is 2. The van der Waals surface area contributed by atoms with E-state index in [9.17, 15) is 4.79 Å². The molecule has 0 amide bonds. The SMILES string of the molecule is CC(=O)C(=N)C=C(C)C. The van der Waals surface area contributed by atoms with E-state index in [0.717, 1.165) is 5.57 Å². The molecule has 0 unspecified atom stereocenters. The largest absolute Gasteiger partial charge is 0.297 e. The average molecular weight is 125 g/mol. The molecule has 0 spiro atoms. The van der Waals surface area contributed by atoms with Crippen LogP contribution in [-0.4, -0.2) is 11.5 Å². The van der Waals surface area contributed by atoms with Gasteiger partial charge < -0.3 is 0 Å². The summed E-state index contributed by atoms with van der Waals surface area (Å²) < 4.78 is 0. The maximum atomic E-state index is 10.4. The van der Waals surface area contributed by atoms with Crippen LogP contribution in [0.3, 0.4) is 0 Å². The van der Waals surface area contributed by atoms with Crippen LogP contribution in [0.25, 0.3) is 0 Å². The van der Waals surface area contributed by atoms with E-state index in [0.29, 0.717) is 0 Å². The van der Waals surface area contributed by atoms with Gasteiger partial charge in [0.2, 0.25) is 0 Å². The van der Waals surface area contributed by atoms with Crippen LogP contribution >= 0.6 is 0 Å². The number of ketones is 1. The Balaban J connectivity index is 4.09. The first kappa shape index (κ1) is 8.08. The second-order valence-electron chi connectivity index (χ2n) is 2.19. The average Bonchev–Trinajstić information content (AvgIpc) is 1.63. The highest BCUT2D eigenvalue weighted by Gasteiger charge is 1.95. The Morgan fingerprint density at radius 1 is 1.33 bits per heavy atom. The maximum Gasteiger partial charge on any atom is 0.177 e. The molecule has 2 nitrogen and oxygen atoms in total. The van der Waals surface area contributed by atoms with E-state index in [1.54, 1.807) is 6.08 Å². The summed E-state index contributed by atoms with van der Waals surface area (Å²) in [6.45, 7) is 5.11. The van der Waals surface area contributed by atoms with Crippen molar-refractivity contribution in [3.05, 3.63) is 11.6 Å². The number of rotatable bonds is 2. The van der Waals surface area contributed by atoms with Crippen LogP contribution in [0.4, 0.5) is 0 Å². The zero-order valence-electron chi connectivity index (χ0n) is 5.99. The molecular formula is C7H11NO. The van der Waals surface area contributed by atoms with E-state index in [-0.39, 0.29) is 11.5 Å². The topological polar surface area (TPSA) is 40.9 Å². The van der Waals surface area contributed by atoms with E-state index in [1.165, 1.54) is 6.92 Å². The van der Waals surface area contributed by atoms with Gasteiger partial charge in [-0.3, -0.25) is 10.2 Å². The number of carbonyl (C=O) groups is 1. The molecule has 1 N–H and O–H groups in total. The Kier molecular flexibility index (Phi) is 2.85. The monoisotopic (exact) mass is 125 g/mol. The number of hydrogen-bond acceptors (Lipinski definition) is 2. The standard InChI is InChI=1S/C7H11NO/c1-5(2)4-7(8)6(3)9/h4,8H,1-3H3. The molecule has 0 aliphatic rings. The predicted octanol–water partition coefficient (Wildman–Crippen LogP) is 1.56. The fourth-order valence-electron chi connectivity index (χ4n) is 0.390. The minimum Gasteiger partial charge on any atom is -0.297 e. The maximum absolute atomic E-state index is 10.4. The molecule has 0 atom stereocenters. The lowest BCUT2D eigenvalue weighted by molar-refractivity contribution is -0.111. The van der Waals surface area contributed by atoms with Crippen molar-refractivity contribution in [1.29, 1.82) is 5.41 Å². The van der Waals surface area contributed by atoms with Crippen molar-refractivity contribution in [3.63, 3.8) is 0 Å². The summed E-state index contributed by atoms with van der Waals surface area (Å²) >= 11 is 0. The minimum atomic E-state index is -0.184. The van der Waals surface area contributed by atoms with Crippen molar-refractivity contribution < 1.29 is 4.79 Å². The van der Waals surface area contributed by atoms with E-state index in [1.807, 2.05) is 13.8 Å². The molecule has 0 saturated heterocycles. The summed E-state index contributed by atoms with van der Waals surface area (Å²) in [5, 5.41) is 7.05. The Hall–Kier alpha value is -0.920. The second-order valence-corrected chi connectivity index (χ2v) is 2.19. The lowest BCUT2D eigenvalue weighted by atomic mass is 10.2. The van der Waals surface area contributed by atoms with Crippen molar-refractivity contribution >= 4 is 11.5 Å². The lowest BCUT2D eigenvalue weighted by Crippen LogP contribution is -2.04. The zero-order valence-corrected chi connectivity index (χ0v) is 5.99. The molecule has 0 aromatic heterocycles. The van der Waals surface area contributed by atoms with E-state index in [2.05, 4.69) is 0 Å². The Labute approximate surface area is 55.1 Å². The van der Waals surface area contributed by atoms with Gasteiger partial charge in [0.1, 0.15) is 0 Å². The van der Waals surface area contributed by atoms with E-state index < -0.39 is 0 Å². The summed E-state index contributed by atoms with van der Waals surface area (Å²) in [5.41, 5.74) is 1.06. The van der Waals surface area contributed by atoms with Gasteiger partial charge >= 0.3 is 0 Å². The first-order valence-corrected chi connectivity index (χ1v) is 2.78. The molecule has 0 radical (unpaired) electrons. The Morgan fingerprint density at radius 3 is 1.89 bits per heavy atom. The fourth-order valence-corrected chi connectivity index (χ4v) is 0.390. The summed E-state index contributed by atoms with van der Waals surface area (Å²) in [6.07, 6.45) is 1.56. The highest BCUT2D eigenvalue weighted by molar-refractivity contribution is 6.42. The molecule has 0 aromatic carbocycles. The number of nitrogens with one attached hydrogen (secondary N) is 1. The molecule has 9 heavy (non-hydrogen) atoms. The highest BCUT2D eigenvalue weighted by Crippen LogP contribution is 1.89. The first-order valence-electron chi connectivity index (χ1n) is 2.78. The van der Waals surface area contributed by atoms with Crippen LogP contribution in [0.2, 0.25) is 0 Å². The Morgan fingerprint density at radius 2 is 1.78 bits per heavy atom. The first-order chi connectivity index (χ1) is 4.04. The minimum absolute atomic E-state index is 0.0787. The third-order valence-corrected chi connectivity index (χ3v) is 0.812. The number of Topliss-reactive ketones (excluding diaryl/α,β-unsaturated/α-hetero) is 1. The van der Waals surface area contributed by atoms with Gasteiger partial charge in [-0.1, -0.05) is 5.57 Å². The van der Waals surface area contributed by atoms with Gasteiger partial charge in [0, 0.05) is 6.92 Å².